The Kier molecular flexibility index (Phi) is 5.64. The molecule has 136 valence electrons. The van der Waals surface area contributed by atoms with E-state index in [1.807, 2.05) is 62.7 Å². The number of hydrogen-bond donors (Lipinski definition) is 0. The fourth-order valence-electron chi connectivity index (χ4n) is 2.56. The molecule has 0 N–H and O–H groups in total. The summed E-state index contributed by atoms with van der Waals surface area (Å²) in [7, 11) is 0. The van der Waals surface area contributed by atoms with E-state index in [4.69, 9.17) is 21.3 Å². The minimum Gasteiger partial charge on any atom is -0.365 e. The van der Waals surface area contributed by atoms with Crippen molar-refractivity contribution in [2.24, 2.45) is 0 Å². The maximum absolute atomic E-state index is 6.11. The third-order valence-electron chi connectivity index (χ3n) is 3.55. The molecule has 0 amide bonds. The molecule has 1 atom stereocenters. The Morgan fingerprint density at radius 3 is 2.38 bits per heavy atom. The summed E-state index contributed by atoms with van der Waals surface area (Å²) in [5.41, 5.74) is 1.31. The summed E-state index contributed by atoms with van der Waals surface area (Å²) in [6, 6.07) is 11.7. The molecule has 3 rings (SSSR count). The highest BCUT2D eigenvalue weighted by molar-refractivity contribution is 14.1. The van der Waals surface area contributed by atoms with Gasteiger partial charge in [0.1, 0.15) is 11.8 Å². The molecule has 0 aliphatic rings. The number of rotatable bonds is 4. The molecule has 0 unspecified atom stereocenters. The molecular weight excluding hydrogens is 463 g/mol. The van der Waals surface area contributed by atoms with E-state index in [9.17, 15) is 0 Å². The molecule has 0 spiro atoms. The molecule has 1 aromatic carbocycles. The quantitative estimate of drug-likeness (QED) is 0.463. The Morgan fingerprint density at radius 2 is 1.81 bits per heavy atom. The number of nitrogens with zero attached hydrogens (tertiary/aromatic N) is 4. The van der Waals surface area contributed by atoms with Gasteiger partial charge in [-0.2, -0.15) is 0 Å². The summed E-state index contributed by atoms with van der Waals surface area (Å²) >= 11 is 8.22. The van der Waals surface area contributed by atoms with Gasteiger partial charge in [-0.05, 0) is 86.7 Å². The maximum atomic E-state index is 6.11. The lowest BCUT2D eigenvalue weighted by Crippen LogP contribution is -2.23. The van der Waals surface area contributed by atoms with E-state index in [2.05, 4.69) is 32.7 Å². The second-order valence-electron chi connectivity index (χ2n) is 6.92. The third kappa shape index (κ3) is 4.61. The van der Waals surface area contributed by atoms with Crippen LogP contribution < -0.4 is 0 Å². The van der Waals surface area contributed by atoms with Crippen molar-refractivity contribution in [2.75, 3.05) is 0 Å². The van der Waals surface area contributed by atoms with Crippen LogP contribution in [0.25, 0.3) is 17.2 Å². The molecule has 26 heavy (non-hydrogen) atoms. The lowest BCUT2D eigenvalue weighted by Gasteiger charge is -2.24. The molecule has 2 heterocycles. The van der Waals surface area contributed by atoms with Gasteiger partial charge in [0.25, 0.3) is 0 Å². The largest absolute Gasteiger partial charge is 0.365 e. The third-order valence-corrected chi connectivity index (χ3v) is 4.50. The molecule has 0 bridgehead atoms. The highest BCUT2D eigenvalue weighted by Gasteiger charge is 2.24. The Labute approximate surface area is 171 Å². The van der Waals surface area contributed by atoms with Crippen LogP contribution in [0.15, 0.2) is 42.6 Å². The van der Waals surface area contributed by atoms with Crippen molar-refractivity contribution >= 4 is 34.2 Å². The number of aromatic nitrogens is 4. The fraction of sp³-hybridized carbons (Fsp3) is 0.316. The van der Waals surface area contributed by atoms with E-state index in [0.29, 0.717) is 16.5 Å². The average molecular weight is 483 g/mol. The van der Waals surface area contributed by atoms with Crippen LogP contribution in [0.1, 0.15) is 39.6 Å². The zero-order valence-corrected chi connectivity index (χ0v) is 18.0. The van der Waals surface area contributed by atoms with Crippen molar-refractivity contribution in [2.45, 2.75) is 39.4 Å². The average Bonchev–Trinajstić information content (AvgIpc) is 3.00. The SMILES string of the molecule is C[C@@H](OC(C)(C)C)c1nc(-c2ccc(Cl)cn2)nn1-c1ccc(I)cc1. The standard InChI is InChI=1S/C19H20ClIN4O/c1-12(26-19(2,3)4)18-23-17(16-10-5-13(20)11-22-16)24-25(18)15-8-6-14(21)7-9-15/h5-12H,1-4H3/t12-/m1/s1. The van der Waals surface area contributed by atoms with Crippen molar-refractivity contribution in [3.8, 4) is 17.2 Å². The molecule has 0 aliphatic carbocycles. The smallest absolute Gasteiger partial charge is 0.200 e. The molecular formula is C19H20ClIN4O. The second-order valence-corrected chi connectivity index (χ2v) is 8.60. The van der Waals surface area contributed by atoms with Gasteiger partial charge in [-0.3, -0.25) is 4.98 Å². The van der Waals surface area contributed by atoms with E-state index < -0.39 is 0 Å². The van der Waals surface area contributed by atoms with Crippen LogP contribution >= 0.6 is 34.2 Å². The molecule has 0 aliphatic heterocycles. The van der Waals surface area contributed by atoms with Gasteiger partial charge in [0, 0.05) is 9.77 Å². The summed E-state index contributed by atoms with van der Waals surface area (Å²) in [5.74, 6) is 1.27. The lowest BCUT2D eigenvalue weighted by molar-refractivity contribution is -0.0574. The minimum atomic E-state index is -0.291. The highest BCUT2D eigenvalue weighted by Crippen LogP contribution is 2.27. The molecule has 0 saturated heterocycles. The molecule has 0 fully saturated rings. The molecule has 7 heteroatoms. The Balaban J connectivity index is 2.07. The normalized spacial score (nSPS) is 13.0. The van der Waals surface area contributed by atoms with Crippen molar-refractivity contribution in [1.29, 1.82) is 0 Å². The predicted octanol–water partition coefficient (Wildman–Crippen LogP) is 5.46. The van der Waals surface area contributed by atoms with Gasteiger partial charge in [0.15, 0.2) is 5.82 Å². The summed E-state index contributed by atoms with van der Waals surface area (Å²) in [5, 5.41) is 5.26. The van der Waals surface area contributed by atoms with Crippen LogP contribution in [0, 0.1) is 3.57 Å². The second kappa shape index (κ2) is 7.62. The Bertz CT molecular complexity index is 885. The number of benzene rings is 1. The number of halogens is 2. The summed E-state index contributed by atoms with van der Waals surface area (Å²) in [6.45, 7) is 8.06. The van der Waals surface area contributed by atoms with Gasteiger partial charge in [0.2, 0.25) is 5.82 Å². The first-order valence-electron chi connectivity index (χ1n) is 8.25. The number of hydrogen-bond acceptors (Lipinski definition) is 4. The van der Waals surface area contributed by atoms with Crippen molar-refractivity contribution in [3.63, 3.8) is 0 Å². The molecule has 5 nitrogen and oxygen atoms in total. The van der Waals surface area contributed by atoms with E-state index in [-0.39, 0.29) is 11.7 Å². The van der Waals surface area contributed by atoms with Crippen LogP contribution in [0.5, 0.6) is 0 Å². The maximum Gasteiger partial charge on any atom is 0.200 e. The first-order chi connectivity index (χ1) is 12.2. The van der Waals surface area contributed by atoms with E-state index in [1.165, 1.54) is 0 Å². The number of ether oxygens (including phenoxy) is 1. The van der Waals surface area contributed by atoms with Gasteiger partial charge in [-0.15, -0.1) is 5.10 Å². The van der Waals surface area contributed by atoms with Gasteiger partial charge < -0.3 is 4.74 Å². The monoisotopic (exact) mass is 482 g/mol. The lowest BCUT2D eigenvalue weighted by atomic mass is 10.2. The van der Waals surface area contributed by atoms with E-state index in [1.54, 1.807) is 12.3 Å². The van der Waals surface area contributed by atoms with Gasteiger partial charge in [0.05, 0.1) is 16.3 Å². The zero-order valence-electron chi connectivity index (χ0n) is 15.1. The predicted molar refractivity (Wildman–Crippen MR) is 112 cm³/mol. The molecule has 3 aromatic rings. The van der Waals surface area contributed by atoms with Crippen LogP contribution in [-0.4, -0.2) is 25.3 Å². The minimum absolute atomic E-state index is 0.233. The first-order valence-corrected chi connectivity index (χ1v) is 9.71. The van der Waals surface area contributed by atoms with Gasteiger partial charge in [-0.1, -0.05) is 11.6 Å². The fourth-order valence-corrected chi connectivity index (χ4v) is 3.03. The highest BCUT2D eigenvalue weighted by atomic mass is 127. The van der Waals surface area contributed by atoms with Crippen molar-refractivity contribution in [3.05, 3.63) is 57.0 Å². The van der Waals surface area contributed by atoms with Gasteiger partial charge >= 0.3 is 0 Å². The Morgan fingerprint density at radius 1 is 1.12 bits per heavy atom. The van der Waals surface area contributed by atoms with Gasteiger partial charge in [-0.25, -0.2) is 9.67 Å². The van der Waals surface area contributed by atoms with E-state index >= 15 is 0 Å². The molecule has 2 aromatic heterocycles. The van der Waals surface area contributed by atoms with Crippen molar-refractivity contribution in [1.82, 2.24) is 19.7 Å². The molecule has 0 saturated carbocycles. The first kappa shape index (κ1) is 19.3. The molecule has 0 radical (unpaired) electrons. The van der Waals surface area contributed by atoms with Crippen molar-refractivity contribution < 1.29 is 4.74 Å². The van der Waals surface area contributed by atoms with Crippen LogP contribution in [-0.2, 0) is 4.74 Å². The van der Waals surface area contributed by atoms with Crippen LogP contribution in [0.4, 0.5) is 0 Å². The van der Waals surface area contributed by atoms with Crippen LogP contribution in [0.3, 0.4) is 0 Å². The zero-order chi connectivity index (χ0) is 18.9. The summed E-state index contributed by atoms with van der Waals surface area (Å²) in [6.07, 6.45) is 1.36. The van der Waals surface area contributed by atoms with E-state index in [0.717, 1.165) is 15.1 Å². The Hall–Kier alpha value is -1.51. The van der Waals surface area contributed by atoms with Crippen LogP contribution in [0.2, 0.25) is 5.02 Å². The topological polar surface area (TPSA) is 52.8 Å². The number of pyridine rings is 1. The summed E-state index contributed by atoms with van der Waals surface area (Å²) < 4.78 is 9.09. The summed E-state index contributed by atoms with van der Waals surface area (Å²) in [4.78, 5) is 9.04.